The summed E-state index contributed by atoms with van der Waals surface area (Å²) in [5.41, 5.74) is -0.342. The predicted octanol–water partition coefficient (Wildman–Crippen LogP) is 4.07. The van der Waals surface area contributed by atoms with E-state index in [-0.39, 0.29) is 28.9 Å². The molecule has 2 N–H and O–H groups in total. The molecule has 2 atom stereocenters. The lowest BCUT2D eigenvalue weighted by atomic mass is 9.64. The van der Waals surface area contributed by atoms with Gasteiger partial charge in [0.2, 0.25) is 5.91 Å². The average molecular weight is 378 g/mol. The van der Waals surface area contributed by atoms with Crippen molar-refractivity contribution in [2.24, 2.45) is 17.3 Å². The number of hydrogen-bond acceptors (Lipinski definition) is 2. The van der Waals surface area contributed by atoms with Gasteiger partial charge >= 0.3 is 6.03 Å². The Hall–Kier alpha value is -1.26. The summed E-state index contributed by atoms with van der Waals surface area (Å²) in [6.07, 6.45) is 10.4. The number of rotatable bonds is 3. The molecule has 0 aromatic rings. The van der Waals surface area contributed by atoms with Crippen LogP contribution in [0.25, 0.3) is 0 Å². The molecular weight excluding hydrogens is 338 g/mol. The topological polar surface area (TPSA) is 61.4 Å². The van der Waals surface area contributed by atoms with Crippen LogP contribution >= 0.6 is 0 Å². The van der Waals surface area contributed by atoms with E-state index in [1.165, 1.54) is 25.7 Å². The van der Waals surface area contributed by atoms with Crippen LogP contribution in [0.1, 0.15) is 85.5 Å². The van der Waals surface area contributed by atoms with Crippen molar-refractivity contribution in [3.05, 3.63) is 0 Å². The average Bonchev–Trinajstić information content (AvgIpc) is 2.60. The molecule has 154 valence electrons. The Morgan fingerprint density at radius 3 is 2.15 bits per heavy atom. The van der Waals surface area contributed by atoms with Crippen LogP contribution in [-0.4, -0.2) is 41.5 Å². The molecule has 0 radical (unpaired) electrons. The number of hydrogen-bond donors (Lipinski definition) is 2. The van der Waals surface area contributed by atoms with Crippen molar-refractivity contribution in [3.8, 4) is 0 Å². The Balaban J connectivity index is 1.49. The van der Waals surface area contributed by atoms with Crippen molar-refractivity contribution in [2.75, 3.05) is 13.1 Å². The number of carbonyl (C=O) groups excluding carboxylic acids is 2. The SMILES string of the molecule is CCC1(NC(=O)NC2CCN(C(=O)C(C)(C)C)CC2)CC2CCCC(C2)C1. The van der Waals surface area contributed by atoms with E-state index in [1.807, 2.05) is 25.7 Å². The van der Waals surface area contributed by atoms with Crippen LogP contribution < -0.4 is 10.6 Å². The summed E-state index contributed by atoms with van der Waals surface area (Å²) >= 11 is 0. The molecule has 1 aliphatic heterocycles. The lowest BCUT2D eigenvalue weighted by molar-refractivity contribution is -0.140. The zero-order valence-electron chi connectivity index (χ0n) is 17.8. The number of nitrogens with zero attached hydrogens (tertiary/aromatic N) is 1. The zero-order valence-corrected chi connectivity index (χ0v) is 17.8. The van der Waals surface area contributed by atoms with Crippen molar-refractivity contribution >= 4 is 11.9 Å². The molecule has 5 nitrogen and oxygen atoms in total. The summed E-state index contributed by atoms with van der Waals surface area (Å²) < 4.78 is 0. The van der Waals surface area contributed by atoms with Crippen LogP contribution in [0.3, 0.4) is 0 Å². The van der Waals surface area contributed by atoms with Crippen molar-refractivity contribution in [1.29, 1.82) is 0 Å². The molecule has 3 rings (SSSR count). The van der Waals surface area contributed by atoms with Crippen LogP contribution in [0.2, 0.25) is 0 Å². The van der Waals surface area contributed by atoms with E-state index >= 15 is 0 Å². The van der Waals surface area contributed by atoms with Crippen molar-refractivity contribution < 1.29 is 9.59 Å². The fourth-order valence-corrected chi connectivity index (χ4v) is 5.60. The molecule has 2 aliphatic carbocycles. The maximum absolute atomic E-state index is 12.7. The highest BCUT2D eigenvalue weighted by molar-refractivity contribution is 5.81. The first-order valence-electron chi connectivity index (χ1n) is 11.1. The van der Waals surface area contributed by atoms with Crippen LogP contribution in [0.4, 0.5) is 4.79 Å². The van der Waals surface area contributed by atoms with Gasteiger partial charge in [0, 0.05) is 30.1 Å². The number of likely N-dealkylation sites (tertiary alicyclic amines) is 1. The summed E-state index contributed by atoms with van der Waals surface area (Å²) in [6, 6.07) is 0.170. The highest BCUT2D eigenvalue weighted by Gasteiger charge is 2.42. The summed E-state index contributed by atoms with van der Waals surface area (Å²) in [7, 11) is 0. The Labute approximate surface area is 165 Å². The zero-order chi connectivity index (χ0) is 19.7. The smallest absolute Gasteiger partial charge is 0.315 e. The monoisotopic (exact) mass is 377 g/mol. The highest BCUT2D eigenvalue weighted by atomic mass is 16.2. The third-order valence-electron chi connectivity index (χ3n) is 7.06. The van der Waals surface area contributed by atoms with Gasteiger partial charge < -0.3 is 15.5 Å². The van der Waals surface area contributed by atoms with Gasteiger partial charge in [-0.3, -0.25) is 4.79 Å². The lowest BCUT2D eigenvalue weighted by Gasteiger charge is -2.47. The van der Waals surface area contributed by atoms with Gasteiger partial charge in [0.05, 0.1) is 0 Å². The Bertz CT molecular complexity index is 534. The highest BCUT2D eigenvalue weighted by Crippen LogP contribution is 2.45. The molecule has 0 spiro atoms. The van der Waals surface area contributed by atoms with E-state index in [1.54, 1.807) is 0 Å². The predicted molar refractivity (Wildman–Crippen MR) is 108 cm³/mol. The number of carbonyl (C=O) groups is 2. The van der Waals surface area contributed by atoms with Gasteiger partial charge in [-0.15, -0.1) is 0 Å². The minimum Gasteiger partial charge on any atom is -0.342 e. The van der Waals surface area contributed by atoms with Gasteiger partial charge in [-0.1, -0.05) is 47.0 Å². The van der Waals surface area contributed by atoms with E-state index in [0.717, 1.165) is 57.0 Å². The molecule has 1 saturated heterocycles. The molecule has 0 aromatic carbocycles. The van der Waals surface area contributed by atoms with Gasteiger partial charge in [-0.2, -0.15) is 0 Å². The van der Waals surface area contributed by atoms with E-state index in [0.29, 0.717) is 0 Å². The Morgan fingerprint density at radius 1 is 1.04 bits per heavy atom. The lowest BCUT2D eigenvalue weighted by Crippen LogP contribution is -2.58. The minimum atomic E-state index is -0.329. The summed E-state index contributed by atoms with van der Waals surface area (Å²) in [5.74, 6) is 1.80. The molecular formula is C22H39N3O2. The molecule has 27 heavy (non-hydrogen) atoms. The summed E-state index contributed by atoms with van der Waals surface area (Å²) in [4.78, 5) is 27.1. The minimum absolute atomic E-state index is 0.00239. The molecule has 5 heteroatoms. The van der Waals surface area contributed by atoms with Crippen molar-refractivity contribution in [2.45, 2.75) is 97.1 Å². The fourth-order valence-electron chi connectivity index (χ4n) is 5.60. The molecule has 2 bridgehead atoms. The van der Waals surface area contributed by atoms with Crippen molar-refractivity contribution in [1.82, 2.24) is 15.5 Å². The van der Waals surface area contributed by atoms with Crippen LogP contribution in [0.15, 0.2) is 0 Å². The van der Waals surface area contributed by atoms with Gasteiger partial charge in [0.1, 0.15) is 0 Å². The molecule has 3 aliphatic rings. The second kappa shape index (κ2) is 8.00. The van der Waals surface area contributed by atoms with Gasteiger partial charge in [-0.25, -0.2) is 4.79 Å². The molecule has 2 saturated carbocycles. The number of piperidine rings is 1. The van der Waals surface area contributed by atoms with Crippen molar-refractivity contribution in [3.63, 3.8) is 0 Å². The quantitative estimate of drug-likeness (QED) is 0.779. The second-order valence-electron chi connectivity index (χ2n) is 10.4. The number of amides is 3. The van der Waals surface area contributed by atoms with Crippen LogP contribution in [0.5, 0.6) is 0 Å². The number of urea groups is 1. The van der Waals surface area contributed by atoms with E-state index < -0.39 is 0 Å². The third kappa shape index (κ3) is 4.97. The summed E-state index contributed by atoms with van der Waals surface area (Å²) in [5, 5.41) is 6.59. The van der Waals surface area contributed by atoms with Gasteiger partial charge in [0.15, 0.2) is 0 Å². The molecule has 2 unspecified atom stereocenters. The van der Waals surface area contributed by atoms with Crippen LogP contribution in [-0.2, 0) is 4.79 Å². The first-order valence-corrected chi connectivity index (χ1v) is 11.1. The van der Waals surface area contributed by atoms with E-state index in [4.69, 9.17) is 0 Å². The summed E-state index contributed by atoms with van der Waals surface area (Å²) in [6.45, 7) is 9.61. The molecule has 3 amide bonds. The maximum Gasteiger partial charge on any atom is 0.315 e. The first kappa shape index (κ1) is 20.5. The normalized spacial score (nSPS) is 32.1. The third-order valence-corrected chi connectivity index (χ3v) is 7.06. The standard InChI is InChI=1S/C22H39N3O2/c1-5-22(14-16-7-6-8-17(13-16)15-22)24-20(27)23-18-9-11-25(12-10-18)19(26)21(2,3)4/h16-18H,5-15H2,1-4H3,(H2,23,24,27). The van der Waals surface area contributed by atoms with E-state index in [2.05, 4.69) is 17.6 Å². The fraction of sp³-hybridized carbons (Fsp3) is 0.909. The number of fused-ring (bicyclic) bond motifs is 2. The maximum atomic E-state index is 12.7. The molecule has 0 aromatic heterocycles. The van der Waals surface area contributed by atoms with Gasteiger partial charge in [0.25, 0.3) is 0 Å². The van der Waals surface area contributed by atoms with E-state index in [9.17, 15) is 9.59 Å². The van der Waals surface area contributed by atoms with Gasteiger partial charge in [-0.05, 0) is 50.4 Å². The number of nitrogens with one attached hydrogen (secondary N) is 2. The Morgan fingerprint density at radius 2 is 1.63 bits per heavy atom. The first-order chi connectivity index (χ1) is 12.7. The molecule has 1 heterocycles. The van der Waals surface area contributed by atoms with Crippen LogP contribution in [0, 0.1) is 17.3 Å². The Kier molecular flexibility index (Phi) is 6.07. The second-order valence-corrected chi connectivity index (χ2v) is 10.4. The molecule has 3 fully saturated rings. The largest absolute Gasteiger partial charge is 0.342 e.